The molecule has 0 N–H and O–H groups in total. The van der Waals surface area contributed by atoms with Crippen LogP contribution in [0.1, 0.15) is 5.56 Å². The van der Waals surface area contributed by atoms with Crippen molar-refractivity contribution in [3.05, 3.63) is 29.8 Å². The molecular formula is C7H6Cl2I2Si. The third-order valence-corrected chi connectivity index (χ3v) is 6.48. The minimum atomic E-state index is -2.16. The summed E-state index contributed by atoms with van der Waals surface area (Å²) in [6.45, 7) is 0. The van der Waals surface area contributed by atoms with Crippen LogP contribution in [0.4, 0.5) is 0 Å². The summed E-state index contributed by atoms with van der Waals surface area (Å²) < 4.78 is -1.13. The normalized spacial score (nSPS) is 11.7. The van der Waals surface area contributed by atoms with Gasteiger partial charge in [-0.15, -0.1) is 22.2 Å². The smallest absolute Gasteiger partial charge is 0.127 e. The van der Waals surface area contributed by atoms with Crippen molar-refractivity contribution in [2.45, 2.75) is 4.43 Å². The highest BCUT2D eigenvalue weighted by atomic mass is 127. The molecule has 0 aliphatic carbocycles. The van der Waals surface area contributed by atoms with Gasteiger partial charge in [0.05, 0.1) is 0 Å². The summed E-state index contributed by atoms with van der Waals surface area (Å²) in [6.07, 6.45) is 0. The van der Waals surface area contributed by atoms with E-state index in [1.165, 1.54) is 5.56 Å². The molecule has 0 saturated carbocycles. The molecule has 0 aliphatic heterocycles. The van der Waals surface area contributed by atoms with E-state index in [0.29, 0.717) is 0 Å². The van der Waals surface area contributed by atoms with E-state index in [-0.39, 0.29) is 0 Å². The first-order valence-electron chi connectivity index (χ1n) is 3.26. The van der Waals surface area contributed by atoms with Gasteiger partial charge in [0, 0.05) is 4.43 Å². The van der Waals surface area contributed by atoms with Gasteiger partial charge in [-0.2, -0.15) is 0 Å². The Labute approximate surface area is 109 Å². The maximum Gasteiger partial charge on any atom is 0.342 e. The zero-order valence-corrected chi connectivity index (χ0v) is 12.9. The molecule has 1 rings (SSSR count). The molecule has 0 amide bonds. The van der Waals surface area contributed by atoms with Gasteiger partial charge in [-0.05, 0) is 10.8 Å². The van der Waals surface area contributed by atoms with Crippen LogP contribution < -0.4 is 5.19 Å². The lowest BCUT2D eigenvalue weighted by molar-refractivity contribution is 1.47. The van der Waals surface area contributed by atoms with Crippen molar-refractivity contribution in [1.82, 2.24) is 0 Å². The molecule has 0 fully saturated rings. The van der Waals surface area contributed by atoms with Crippen LogP contribution in [0.5, 0.6) is 0 Å². The molecule has 0 saturated heterocycles. The number of halogens is 4. The van der Waals surface area contributed by atoms with Crippen LogP contribution in [0, 0.1) is 0 Å². The van der Waals surface area contributed by atoms with Gasteiger partial charge in [0.2, 0.25) is 0 Å². The topological polar surface area (TPSA) is 0 Å². The summed E-state index contributed by atoms with van der Waals surface area (Å²) in [6, 6.07) is 8.19. The fourth-order valence-corrected chi connectivity index (χ4v) is 3.67. The monoisotopic (exact) mass is 442 g/mol. The summed E-state index contributed by atoms with van der Waals surface area (Å²) in [5, 5.41) is 1.07. The lowest BCUT2D eigenvalue weighted by Gasteiger charge is -2.08. The first-order chi connectivity index (χ1) is 5.54. The first kappa shape index (κ1) is 11.6. The van der Waals surface area contributed by atoms with Crippen LogP contribution in [0.15, 0.2) is 24.3 Å². The zero-order valence-electron chi connectivity index (χ0n) is 6.03. The molecule has 0 aliphatic rings. The molecule has 0 spiro atoms. The van der Waals surface area contributed by atoms with Crippen molar-refractivity contribution < 1.29 is 0 Å². The van der Waals surface area contributed by atoms with Gasteiger partial charge in [-0.3, -0.25) is 0 Å². The van der Waals surface area contributed by atoms with Crippen LogP contribution in [-0.4, -0.2) is 4.19 Å². The molecule has 0 bridgehead atoms. The van der Waals surface area contributed by atoms with Gasteiger partial charge >= 0.3 is 4.19 Å². The van der Waals surface area contributed by atoms with Crippen LogP contribution in [0.25, 0.3) is 0 Å². The SMILES string of the molecule is Cl[Si](Cl)(I)c1ccc(CI)cc1. The summed E-state index contributed by atoms with van der Waals surface area (Å²) in [4.78, 5) is 0. The Morgan fingerprint density at radius 3 is 2.00 bits per heavy atom. The molecular weight excluding hydrogens is 437 g/mol. The van der Waals surface area contributed by atoms with Crippen LogP contribution in [-0.2, 0) is 4.43 Å². The van der Waals surface area contributed by atoms with Gasteiger partial charge in [0.25, 0.3) is 0 Å². The van der Waals surface area contributed by atoms with Crippen molar-refractivity contribution in [2.75, 3.05) is 0 Å². The van der Waals surface area contributed by atoms with Crippen molar-refractivity contribution in [1.29, 1.82) is 0 Å². The van der Waals surface area contributed by atoms with Gasteiger partial charge in [-0.25, -0.2) is 0 Å². The van der Waals surface area contributed by atoms with Gasteiger partial charge in [0.1, 0.15) is 0 Å². The molecule has 12 heavy (non-hydrogen) atoms. The predicted octanol–water partition coefficient (Wildman–Crippen LogP) is 3.68. The fraction of sp³-hybridized carbons (Fsp3) is 0.143. The lowest BCUT2D eigenvalue weighted by atomic mass is 10.2. The van der Waals surface area contributed by atoms with E-state index in [0.717, 1.165) is 9.61 Å². The number of rotatable bonds is 2. The second-order valence-electron chi connectivity index (χ2n) is 2.33. The summed E-state index contributed by atoms with van der Waals surface area (Å²) >= 11 is 16.5. The number of benzene rings is 1. The number of hydrogen-bond donors (Lipinski definition) is 0. The summed E-state index contributed by atoms with van der Waals surface area (Å²) in [5.41, 5.74) is 1.31. The van der Waals surface area contributed by atoms with E-state index >= 15 is 0 Å². The predicted molar refractivity (Wildman–Crippen MR) is 75.3 cm³/mol. The largest absolute Gasteiger partial charge is 0.342 e. The molecule has 0 unspecified atom stereocenters. The van der Waals surface area contributed by atoms with Crippen molar-refractivity contribution in [3.63, 3.8) is 0 Å². The Morgan fingerprint density at radius 2 is 1.67 bits per heavy atom. The first-order valence-corrected chi connectivity index (χ1v) is 11.9. The molecule has 66 valence electrons. The minimum Gasteiger partial charge on any atom is -0.127 e. The minimum absolute atomic E-state index is 1.03. The Hall–Kier alpha value is 1.48. The molecule has 0 atom stereocenters. The highest BCUT2D eigenvalue weighted by Crippen LogP contribution is 2.22. The third kappa shape index (κ3) is 3.32. The van der Waals surface area contributed by atoms with Crippen molar-refractivity contribution in [2.24, 2.45) is 0 Å². The molecule has 0 nitrogen and oxygen atoms in total. The van der Waals surface area contributed by atoms with E-state index in [1.807, 2.05) is 12.1 Å². The van der Waals surface area contributed by atoms with Gasteiger partial charge in [0.15, 0.2) is 0 Å². The van der Waals surface area contributed by atoms with E-state index in [1.54, 1.807) is 0 Å². The Bertz CT molecular complexity index is 255. The van der Waals surface area contributed by atoms with E-state index in [2.05, 4.69) is 56.5 Å². The van der Waals surface area contributed by atoms with E-state index < -0.39 is 4.19 Å². The molecule has 0 aromatic heterocycles. The average Bonchev–Trinajstić information content (AvgIpc) is 2.03. The molecule has 1 aromatic carbocycles. The summed E-state index contributed by atoms with van der Waals surface area (Å²) in [7, 11) is 0. The second-order valence-corrected chi connectivity index (χ2v) is 17.3. The van der Waals surface area contributed by atoms with E-state index in [4.69, 9.17) is 22.2 Å². The van der Waals surface area contributed by atoms with Crippen LogP contribution in [0.3, 0.4) is 0 Å². The molecule has 0 radical (unpaired) electrons. The standard InChI is InChI=1S/C7H6Cl2I2Si/c8-12(9,11)7-3-1-6(5-10)2-4-7/h1-4H,5H2. The third-order valence-electron chi connectivity index (χ3n) is 1.44. The Balaban J connectivity index is 2.93. The Kier molecular flexibility index (Phi) is 4.63. The maximum absolute atomic E-state index is 6.04. The van der Waals surface area contributed by atoms with Crippen LogP contribution >= 0.6 is 66.5 Å². The van der Waals surface area contributed by atoms with Crippen molar-refractivity contribution >= 4 is 75.9 Å². The second kappa shape index (κ2) is 4.81. The lowest BCUT2D eigenvalue weighted by Crippen LogP contribution is -2.28. The Morgan fingerprint density at radius 1 is 1.17 bits per heavy atom. The zero-order chi connectivity index (χ0) is 9.19. The average molecular weight is 443 g/mol. The maximum atomic E-state index is 6.04. The highest BCUT2D eigenvalue weighted by Gasteiger charge is 2.26. The quantitative estimate of drug-likeness (QED) is 0.284. The van der Waals surface area contributed by atoms with E-state index in [9.17, 15) is 0 Å². The molecule has 0 heterocycles. The fourth-order valence-electron chi connectivity index (χ4n) is 0.783. The molecule has 1 aromatic rings. The van der Waals surface area contributed by atoms with Crippen LogP contribution in [0.2, 0.25) is 0 Å². The number of alkyl halides is 1. The highest BCUT2D eigenvalue weighted by molar-refractivity contribution is 14.1. The van der Waals surface area contributed by atoms with Crippen molar-refractivity contribution in [3.8, 4) is 0 Å². The molecule has 5 heteroatoms. The summed E-state index contributed by atoms with van der Waals surface area (Å²) in [5.74, 6) is 0. The van der Waals surface area contributed by atoms with Gasteiger partial charge < -0.3 is 0 Å². The van der Waals surface area contributed by atoms with Gasteiger partial charge in [-0.1, -0.05) is 68.7 Å². The number of hydrogen-bond acceptors (Lipinski definition) is 0.